The van der Waals surface area contributed by atoms with E-state index in [1.165, 1.54) is 5.56 Å². The van der Waals surface area contributed by atoms with Gasteiger partial charge in [-0.2, -0.15) is 0 Å². The lowest BCUT2D eigenvalue weighted by Crippen LogP contribution is -2.13. The summed E-state index contributed by atoms with van der Waals surface area (Å²) < 4.78 is 22.5. The summed E-state index contributed by atoms with van der Waals surface area (Å²) in [5.41, 5.74) is 11.6. The minimum absolute atomic E-state index is 0.817. The van der Waals surface area contributed by atoms with Crippen LogP contribution in [0.3, 0.4) is 0 Å². The molecular weight excluding hydrogens is 923 g/mol. The Kier molecular flexibility index (Phi) is 12.4. The summed E-state index contributed by atoms with van der Waals surface area (Å²) in [5, 5.41) is 8.85. The Labute approximate surface area is 437 Å². The third-order valence-corrected chi connectivity index (χ3v) is 14.2. The molecule has 0 unspecified atom stereocenters. The molecular formula is C68H53N3O4. The lowest BCUT2D eigenvalue weighted by atomic mass is 10.0. The summed E-state index contributed by atoms with van der Waals surface area (Å²) in [6, 6.07) is 88.3. The Morgan fingerprint density at radius 2 is 0.547 bits per heavy atom. The standard InChI is InChI=1S/C68H53N3O4/c1-72-61-34-20-48-40-59(24-18-50(48)42-61)70(67-14-8-12-52-44-63(74-3)36-38-65(52)67)57-30-26-55(27-31-57)69(54-22-16-47(17-23-54)46-10-6-5-7-11-46)56-28-32-58(33-29-56)71(60-25-19-51-43-62(73-2)35-21-49(51)41-60)68-15-9-13-53-45-64(75-4)37-39-66(53)68/h5-45H,1-4H3. The van der Waals surface area contributed by atoms with Crippen LogP contribution in [0.15, 0.2) is 249 Å². The maximum atomic E-state index is 5.66. The van der Waals surface area contributed by atoms with Crippen LogP contribution in [-0.2, 0) is 0 Å². The first kappa shape index (κ1) is 46.4. The molecule has 0 aliphatic heterocycles. The van der Waals surface area contributed by atoms with Crippen molar-refractivity contribution in [2.75, 3.05) is 43.1 Å². The van der Waals surface area contributed by atoms with Crippen molar-refractivity contribution in [3.63, 3.8) is 0 Å². The van der Waals surface area contributed by atoms with Crippen molar-refractivity contribution in [2.24, 2.45) is 0 Å². The molecule has 7 nitrogen and oxygen atoms in total. The smallest absolute Gasteiger partial charge is 0.119 e. The molecule has 0 N–H and O–H groups in total. The summed E-state index contributed by atoms with van der Waals surface area (Å²) in [5.74, 6) is 3.29. The third kappa shape index (κ3) is 9.02. The summed E-state index contributed by atoms with van der Waals surface area (Å²) in [4.78, 5) is 7.02. The van der Waals surface area contributed by atoms with E-state index in [-0.39, 0.29) is 0 Å². The summed E-state index contributed by atoms with van der Waals surface area (Å²) in [6.07, 6.45) is 0. The van der Waals surface area contributed by atoms with E-state index in [2.05, 4.69) is 239 Å². The van der Waals surface area contributed by atoms with E-state index in [0.717, 1.165) is 123 Å². The van der Waals surface area contributed by atoms with Gasteiger partial charge in [0, 0.05) is 50.6 Å². The van der Waals surface area contributed by atoms with Gasteiger partial charge in [0.1, 0.15) is 23.0 Å². The third-order valence-electron chi connectivity index (χ3n) is 14.2. The van der Waals surface area contributed by atoms with Gasteiger partial charge in [0.25, 0.3) is 0 Å². The summed E-state index contributed by atoms with van der Waals surface area (Å²) in [6.45, 7) is 0. The highest BCUT2D eigenvalue weighted by Crippen LogP contribution is 2.46. The lowest BCUT2D eigenvalue weighted by Gasteiger charge is -2.30. The largest absolute Gasteiger partial charge is 0.497 e. The molecule has 0 saturated carbocycles. The van der Waals surface area contributed by atoms with Crippen LogP contribution in [0.2, 0.25) is 0 Å². The molecule has 0 atom stereocenters. The molecule has 0 bridgehead atoms. The average molecular weight is 976 g/mol. The maximum absolute atomic E-state index is 5.66. The highest BCUT2D eigenvalue weighted by molar-refractivity contribution is 6.03. The first-order valence-electron chi connectivity index (χ1n) is 25.0. The number of hydrogen-bond donors (Lipinski definition) is 0. The van der Waals surface area contributed by atoms with Crippen molar-refractivity contribution in [2.45, 2.75) is 0 Å². The Morgan fingerprint density at radius 3 is 0.960 bits per heavy atom. The molecule has 0 aliphatic rings. The molecule has 0 amide bonds. The van der Waals surface area contributed by atoms with E-state index in [4.69, 9.17) is 18.9 Å². The first-order chi connectivity index (χ1) is 36.9. The minimum atomic E-state index is 0.817. The highest BCUT2D eigenvalue weighted by Gasteiger charge is 2.21. The number of rotatable bonds is 14. The number of nitrogens with zero attached hydrogens (tertiary/aromatic N) is 3. The van der Waals surface area contributed by atoms with Crippen LogP contribution in [0.5, 0.6) is 23.0 Å². The van der Waals surface area contributed by atoms with E-state index in [1.807, 2.05) is 24.3 Å². The number of anilines is 9. The van der Waals surface area contributed by atoms with Gasteiger partial charge in [-0.25, -0.2) is 0 Å². The Bertz CT molecular complexity index is 3790. The molecule has 0 radical (unpaired) electrons. The fourth-order valence-corrected chi connectivity index (χ4v) is 10.3. The molecule has 364 valence electrons. The van der Waals surface area contributed by atoms with Crippen molar-refractivity contribution in [1.82, 2.24) is 0 Å². The molecule has 0 saturated heterocycles. The second-order valence-electron chi connectivity index (χ2n) is 18.5. The fraction of sp³-hybridized carbons (Fsp3) is 0.0588. The molecule has 12 rings (SSSR count). The van der Waals surface area contributed by atoms with Gasteiger partial charge in [-0.3, -0.25) is 0 Å². The summed E-state index contributed by atoms with van der Waals surface area (Å²) in [7, 11) is 6.83. The highest BCUT2D eigenvalue weighted by atomic mass is 16.5. The lowest BCUT2D eigenvalue weighted by molar-refractivity contribution is 0.415. The van der Waals surface area contributed by atoms with Crippen molar-refractivity contribution in [3.8, 4) is 34.1 Å². The van der Waals surface area contributed by atoms with Gasteiger partial charge in [0.2, 0.25) is 0 Å². The molecule has 0 spiro atoms. The normalized spacial score (nSPS) is 11.2. The van der Waals surface area contributed by atoms with E-state index in [0.29, 0.717) is 0 Å². The predicted molar refractivity (Wildman–Crippen MR) is 312 cm³/mol. The monoisotopic (exact) mass is 975 g/mol. The quantitative estimate of drug-likeness (QED) is 0.108. The van der Waals surface area contributed by atoms with Crippen LogP contribution < -0.4 is 33.6 Å². The topological polar surface area (TPSA) is 46.6 Å². The molecule has 12 aromatic carbocycles. The Balaban J connectivity index is 0.981. The zero-order chi connectivity index (χ0) is 50.8. The van der Waals surface area contributed by atoms with Crippen LogP contribution in [0.1, 0.15) is 0 Å². The Hall–Kier alpha value is -9.72. The van der Waals surface area contributed by atoms with Gasteiger partial charge in [0.15, 0.2) is 0 Å². The molecule has 0 heterocycles. The van der Waals surface area contributed by atoms with Crippen LogP contribution in [0, 0.1) is 0 Å². The van der Waals surface area contributed by atoms with Crippen LogP contribution in [-0.4, -0.2) is 28.4 Å². The molecule has 0 aliphatic carbocycles. The molecule has 0 aromatic heterocycles. The van der Waals surface area contributed by atoms with Crippen molar-refractivity contribution >= 4 is 94.3 Å². The van der Waals surface area contributed by atoms with Gasteiger partial charge in [-0.05, 0) is 201 Å². The second-order valence-corrected chi connectivity index (χ2v) is 18.5. The van der Waals surface area contributed by atoms with E-state index in [1.54, 1.807) is 28.4 Å². The number of hydrogen-bond acceptors (Lipinski definition) is 7. The van der Waals surface area contributed by atoms with Gasteiger partial charge in [0.05, 0.1) is 39.8 Å². The van der Waals surface area contributed by atoms with Crippen LogP contribution in [0.25, 0.3) is 54.2 Å². The van der Waals surface area contributed by atoms with E-state index < -0.39 is 0 Å². The van der Waals surface area contributed by atoms with Crippen molar-refractivity contribution in [1.29, 1.82) is 0 Å². The number of methoxy groups -OCH3 is 4. The molecule has 75 heavy (non-hydrogen) atoms. The van der Waals surface area contributed by atoms with Gasteiger partial charge >= 0.3 is 0 Å². The zero-order valence-electron chi connectivity index (χ0n) is 42.1. The van der Waals surface area contributed by atoms with Gasteiger partial charge < -0.3 is 33.6 Å². The minimum Gasteiger partial charge on any atom is -0.497 e. The zero-order valence-corrected chi connectivity index (χ0v) is 42.1. The van der Waals surface area contributed by atoms with E-state index >= 15 is 0 Å². The SMILES string of the molecule is COc1ccc2cc(N(c3ccc(N(c4ccc(-c5ccccc5)cc4)c4ccc(N(c5ccc6cc(OC)ccc6c5)c5cccc6cc(OC)ccc56)cc4)cc3)c3cccc4cc(OC)ccc34)ccc2c1. The maximum Gasteiger partial charge on any atom is 0.119 e. The second kappa shape index (κ2) is 20.1. The average Bonchev–Trinajstić information content (AvgIpc) is 3.48. The fourth-order valence-electron chi connectivity index (χ4n) is 10.3. The number of benzene rings is 12. The van der Waals surface area contributed by atoms with Crippen LogP contribution >= 0.6 is 0 Å². The number of ether oxygens (including phenoxy) is 4. The van der Waals surface area contributed by atoms with Gasteiger partial charge in [-0.1, -0.05) is 91.0 Å². The number of fused-ring (bicyclic) bond motifs is 4. The first-order valence-corrected chi connectivity index (χ1v) is 25.0. The van der Waals surface area contributed by atoms with Crippen LogP contribution in [0.4, 0.5) is 51.2 Å². The predicted octanol–water partition coefficient (Wildman–Crippen LogP) is 18.4. The molecule has 0 fully saturated rings. The van der Waals surface area contributed by atoms with Crippen molar-refractivity contribution < 1.29 is 18.9 Å². The van der Waals surface area contributed by atoms with Crippen molar-refractivity contribution in [3.05, 3.63) is 249 Å². The van der Waals surface area contributed by atoms with E-state index in [9.17, 15) is 0 Å². The Morgan fingerprint density at radius 1 is 0.227 bits per heavy atom. The molecule has 12 aromatic rings. The molecule has 7 heteroatoms. The summed E-state index contributed by atoms with van der Waals surface area (Å²) >= 11 is 0. The van der Waals surface area contributed by atoms with Gasteiger partial charge in [-0.15, -0.1) is 0 Å².